The third-order valence-corrected chi connectivity index (χ3v) is 3.68. The minimum atomic E-state index is -0.149. The predicted molar refractivity (Wildman–Crippen MR) is 76.4 cm³/mol. The van der Waals surface area contributed by atoms with Crippen LogP contribution in [0.1, 0.15) is 35.1 Å². The summed E-state index contributed by atoms with van der Waals surface area (Å²) in [4.78, 5) is 12.6. The normalized spacial score (nSPS) is 12.4. The molecular formula is C13H14ClN3OS. The Morgan fingerprint density at radius 2 is 2.00 bits per heavy atom. The van der Waals surface area contributed by atoms with E-state index in [1.807, 2.05) is 24.3 Å². The van der Waals surface area contributed by atoms with Crippen LogP contribution in [0.2, 0.25) is 5.02 Å². The van der Waals surface area contributed by atoms with Gasteiger partial charge in [0.05, 0.1) is 12.2 Å². The molecule has 4 nitrogen and oxygen atoms in total. The molecule has 0 bridgehead atoms. The lowest BCUT2D eigenvalue weighted by Gasteiger charge is -2.22. The number of carbonyl (C=O) groups excluding carboxylic acids is 1. The Kier molecular flexibility index (Phi) is 4.50. The largest absolute Gasteiger partial charge is 0.344 e. The molecule has 0 fully saturated rings. The van der Waals surface area contributed by atoms with E-state index in [9.17, 15) is 4.79 Å². The average Bonchev–Trinajstić information content (AvgIpc) is 2.90. The van der Waals surface area contributed by atoms with Gasteiger partial charge in [-0.1, -0.05) is 42.1 Å². The maximum Gasteiger partial charge on any atom is 0.265 e. The van der Waals surface area contributed by atoms with Crippen molar-refractivity contribution in [3.8, 4) is 0 Å². The number of halogens is 1. The van der Waals surface area contributed by atoms with Crippen molar-refractivity contribution in [3.05, 3.63) is 45.9 Å². The van der Waals surface area contributed by atoms with Gasteiger partial charge in [-0.2, -0.15) is 0 Å². The lowest BCUT2D eigenvalue weighted by molar-refractivity contribution is 0.0929. The zero-order chi connectivity index (χ0) is 13.8. The monoisotopic (exact) mass is 295 g/mol. The standard InChI is InChI=1S/C13H14ClN3OS/c1-8(2)12(9-3-5-10(14)6-4-9)16-13(18)11-7-15-17-19-11/h3-8,12H,1-2H3,(H,16,18)/t12-/m1/s1. The van der Waals surface area contributed by atoms with Gasteiger partial charge in [-0.25, -0.2) is 0 Å². The van der Waals surface area contributed by atoms with E-state index in [0.29, 0.717) is 9.90 Å². The van der Waals surface area contributed by atoms with Crippen molar-refractivity contribution in [3.63, 3.8) is 0 Å². The molecule has 1 heterocycles. The zero-order valence-corrected chi connectivity index (χ0v) is 12.2. The van der Waals surface area contributed by atoms with Crippen LogP contribution in [-0.4, -0.2) is 15.5 Å². The molecule has 2 aromatic rings. The molecule has 0 spiro atoms. The second-order valence-electron chi connectivity index (χ2n) is 4.53. The number of benzene rings is 1. The van der Waals surface area contributed by atoms with E-state index in [1.54, 1.807) is 0 Å². The lowest BCUT2D eigenvalue weighted by atomic mass is 9.96. The highest BCUT2D eigenvalue weighted by Crippen LogP contribution is 2.23. The highest BCUT2D eigenvalue weighted by Gasteiger charge is 2.20. The van der Waals surface area contributed by atoms with Crippen LogP contribution >= 0.6 is 23.1 Å². The first-order valence-corrected chi connectivity index (χ1v) is 7.06. The summed E-state index contributed by atoms with van der Waals surface area (Å²) in [6, 6.07) is 7.45. The second-order valence-corrected chi connectivity index (χ2v) is 5.75. The quantitative estimate of drug-likeness (QED) is 0.941. The fourth-order valence-corrected chi connectivity index (χ4v) is 2.33. The topological polar surface area (TPSA) is 54.9 Å². The summed E-state index contributed by atoms with van der Waals surface area (Å²) in [5, 5.41) is 7.36. The number of amides is 1. The molecule has 19 heavy (non-hydrogen) atoms. The van der Waals surface area contributed by atoms with E-state index < -0.39 is 0 Å². The fraction of sp³-hybridized carbons (Fsp3) is 0.308. The van der Waals surface area contributed by atoms with E-state index in [2.05, 4.69) is 28.8 Å². The molecule has 1 aromatic carbocycles. The Balaban J connectivity index is 2.17. The molecular weight excluding hydrogens is 282 g/mol. The van der Waals surface area contributed by atoms with Gasteiger partial charge < -0.3 is 5.32 Å². The molecule has 2 rings (SSSR count). The van der Waals surface area contributed by atoms with Crippen LogP contribution in [0.25, 0.3) is 0 Å². The van der Waals surface area contributed by atoms with E-state index in [-0.39, 0.29) is 17.9 Å². The van der Waals surface area contributed by atoms with Crippen molar-refractivity contribution >= 4 is 29.0 Å². The van der Waals surface area contributed by atoms with Crippen molar-refractivity contribution in [2.75, 3.05) is 0 Å². The van der Waals surface area contributed by atoms with Crippen molar-refractivity contribution in [2.24, 2.45) is 5.92 Å². The Bertz CT molecular complexity index is 540. The lowest BCUT2D eigenvalue weighted by Crippen LogP contribution is -2.31. The number of hydrogen-bond donors (Lipinski definition) is 1. The molecule has 6 heteroatoms. The Labute approximate surface area is 121 Å². The first-order valence-electron chi connectivity index (χ1n) is 5.91. The predicted octanol–water partition coefficient (Wildman–Crippen LogP) is 3.32. The highest BCUT2D eigenvalue weighted by molar-refractivity contribution is 7.07. The molecule has 0 aliphatic heterocycles. The Morgan fingerprint density at radius 3 is 2.53 bits per heavy atom. The SMILES string of the molecule is CC(C)[C@@H](NC(=O)c1cnns1)c1ccc(Cl)cc1. The van der Waals surface area contributed by atoms with E-state index in [0.717, 1.165) is 17.1 Å². The number of aromatic nitrogens is 2. The zero-order valence-electron chi connectivity index (χ0n) is 10.6. The van der Waals surface area contributed by atoms with Gasteiger partial charge in [0.15, 0.2) is 0 Å². The summed E-state index contributed by atoms with van der Waals surface area (Å²) in [7, 11) is 0. The number of rotatable bonds is 4. The van der Waals surface area contributed by atoms with Crippen molar-refractivity contribution in [2.45, 2.75) is 19.9 Å². The van der Waals surface area contributed by atoms with Gasteiger partial charge in [0.25, 0.3) is 5.91 Å². The summed E-state index contributed by atoms with van der Waals surface area (Å²) in [6.07, 6.45) is 1.47. The molecule has 1 atom stereocenters. The molecule has 0 aliphatic carbocycles. The smallest absolute Gasteiger partial charge is 0.265 e. The maximum absolute atomic E-state index is 12.1. The summed E-state index contributed by atoms with van der Waals surface area (Å²) < 4.78 is 3.69. The minimum Gasteiger partial charge on any atom is -0.344 e. The molecule has 1 amide bonds. The van der Waals surface area contributed by atoms with Gasteiger partial charge in [0.1, 0.15) is 4.88 Å². The summed E-state index contributed by atoms with van der Waals surface area (Å²) >= 11 is 6.97. The molecule has 100 valence electrons. The second kappa shape index (κ2) is 6.12. The minimum absolute atomic E-state index is 0.0631. The Morgan fingerprint density at radius 1 is 1.32 bits per heavy atom. The van der Waals surface area contributed by atoms with Crippen LogP contribution < -0.4 is 5.32 Å². The van der Waals surface area contributed by atoms with Crippen LogP contribution in [0.15, 0.2) is 30.5 Å². The van der Waals surface area contributed by atoms with Gasteiger partial charge >= 0.3 is 0 Å². The summed E-state index contributed by atoms with van der Waals surface area (Å²) in [6.45, 7) is 4.12. The summed E-state index contributed by atoms with van der Waals surface area (Å²) in [5.74, 6) is 0.120. The first kappa shape index (κ1) is 14.0. The van der Waals surface area contributed by atoms with Crippen molar-refractivity contribution in [1.29, 1.82) is 0 Å². The number of nitrogens with zero attached hydrogens (tertiary/aromatic N) is 2. The maximum atomic E-state index is 12.1. The van der Waals surface area contributed by atoms with Gasteiger partial charge in [-0.15, -0.1) is 5.10 Å². The molecule has 0 radical (unpaired) electrons. The van der Waals surface area contributed by atoms with Crippen LogP contribution in [0, 0.1) is 5.92 Å². The fourth-order valence-electron chi connectivity index (χ4n) is 1.78. The molecule has 0 aliphatic rings. The van der Waals surface area contributed by atoms with Crippen molar-refractivity contribution in [1.82, 2.24) is 14.9 Å². The van der Waals surface area contributed by atoms with Gasteiger partial charge in [0, 0.05) is 5.02 Å². The molecule has 0 unspecified atom stereocenters. The highest BCUT2D eigenvalue weighted by atomic mass is 35.5. The van der Waals surface area contributed by atoms with E-state index in [1.165, 1.54) is 6.20 Å². The van der Waals surface area contributed by atoms with E-state index >= 15 is 0 Å². The van der Waals surface area contributed by atoms with Crippen molar-refractivity contribution < 1.29 is 4.79 Å². The third-order valence-electron chi connectivity index (χ3n) is 2.77. The number of nitrogens with one attached hydrogen (secondary N) is 1. The average molecular weight is 296 g/mol. The third kappa shape index (κ3) is 3.52. The molecule has 1 aromatic heterocycles. The number of carbonyl (C=O) groups is 1. The van der Waals surface area contributed by atoms with Crippen LogP contribution in [0.4, 0.5) is 0 Å². The number of hydrogen-bond acceptors (Lipinski definition) is 4. The van der Waals surface area contributed by atoms with Gasteiger partial charge in [-0.05, 0) is 35.1 Å². The molecule has 0 saturated heterocycles. The van der Waals surface area contributed by atoms with Crippen LogP contribution in [-0.2, 0) is 0 Å². The molecule has 0 saturated carbocycles. The Hall–Kier alpha value is -1.46. The van der Waals surface area contributed by atoms with Crippen LogP contribution in [0.5, 0.6) is 0 Å². The summed E-state index contributed by atoms with van der Waals surface area (Å²) in [5.41, 5.74) is 1.03. The van der Waals surface area contributed by atoms with Gasteiger partial charge in [0.2, 0.25) is 0 Å². The van der Waals surface area contributed by atoms with Crippen LogP contribution in [0.3, 0.4) is 0 Å². The van der Waals surface area contributed by atoms with E-state index in [4.69, 9.17) is 11.6 Å². The first-order chi connectivity index (χ1) is 9.08. The molecule has 1 N–H and O–H groups in total. The van der Waals surface area contributed by atoms with Gasteiger partial charge in [-0.3, -0.25) is 4.79 Å².